The molecule has 1 unspecified atom stereocenters. The molecule has 108 valence electrons. The Morgan fingerprint density at radius 1 is 1.14 bits per heavy atom. The van der Waals surface area contributed by atoms with E-state index in [1.165, 1.54) is 0 Å². The Bertz CT molecular complexity index is 688. The van der Waals surface area contributed by atoms with Crippen LogP contribution < -0.4 is 0 Å². The van der Waals surface area contributed by atoms with Crippen LogP contribution in [0.4, 0.5) is 13.2 Å². The Kier molecular flexibility index (Phi) is 4.38. The molecule has 0 spiro atoms. The molecule has 1 heterocycles. The summed E-state index contributed by atoms with van der Waals surface area (Å²) in [6.07, 6.45) is -3.79. The maximum absolute atomic E-state index is 12.4. The van der Waals surface area contributed by atoms with E-state index >= 15 is 0 Å². The van der Waals surface area contributed by atoms with Crippen molar-refractivity contribution in [3.63, 3.8) is 0 Å². The van der Waals surface area contributed by atoms with Gasteiger partial charge in [-0.3, -0.25) is 4.21 Å². The van der Waals surface area contributed by atoms with Gasteiger partial charge in [0.25, 0.3) is 0 Å². The Morgan fingerprint density at radius 2 is 1.81 bits per heavy atom. The highest BCUT2D eigenvalue weighted by molar-refractivity contribution is 7.84. The second kappa shape index (κ2) is 6.06. The van der Waals surface area contributed by atoms with Crippen LogP contribution in [-0.4, -0.2) is 9.19 Å². The molecule has 7 heteroatoms. The number of hydrogen-bond donors (Lipinski definition) is 0. The molecule has 2 rings (SSSR count). The van der Waals surface area contributed by atoms with E-state index in [0.29, 0.717) is 17.3 Å². The van der Waals surface area contributed by atoms with E-state index in [-0.39, 0.29) is 10.8 Å². The number of pyridine rings is 1. The Hall–Kier alpha value is -2.20. The zero-order valence-corrected chi connectivity index (χ0v) is 11.4. The quantitative estimate of drug-likeness (QED) is 0.874. The van der Waals surface area contributed by atoms with Crippen molar-refractivity contribution >= 4 is 10.8 Å². The van der Waals surface area contributed by atoms with Gasteiger partial charge in [0.1, 0.15) is 5.03 Å². The summed E-state index contributed by atoms with van der Waals surface area (Å²) in [4.78, 5) is 3.60. The van der Waals surface area contributed by atoms with E-state index in [0.717, 1.165) is 12.1 Å². The third-order valence-corrected chi connectivity index (χ3v) is 3.98. The largest absolute Gasteiger partial charge is 0.417 e. The van der Waals surface area contributed by atoms with Gasteiger partial charge in [0.2, 0.25) is 0 Å². The van der Waals surface area contributed by atoms with Crippen LogP contribution in [0, 0.1) is 11.3 Å². The SMILES string of the molecule is N#Cc1ccc(CS(=O)c2ccc(C(F)(F)F)cn2)cc1. The maximum atomic E-state index is 12.4. The molecule has 0 N–H and O–H groups in total. The molecule has 0 saturated carbocycles. The molecule has 0 radical (unpaired) electrons. The molecular formula is C14H9F3N2OS. The number of halogens is 3. The normalized spacial score (nSPS) is 12.7. The van der Waals surface area contributed by atoms with Gasteiger partial charge < -0.3 is 0 Å². The number of benzene rings is 1. The molecule has 2 aromatic rings. The van der Waals surface area contributed by atoms with Gasteiger partial charge in [-0.25, -0.2) is 4.98 Å². The second-order valence-corrected chi connectivity index (χ2v) is 5.58. The predicted molar refractivity (Wildman–Crippen MR) is 70.5 cm³/mol. The fourth-order valence-corrected chi connectivity index (χ4v) is 2.62. The molecule has 0 saturated heterocycles. The lowest BCUT2D eigenvalue weighted by Gasteiger charge is -2.07. The van der Waals surface area contributed by atoms with Crippen molar-refractivity contribution in [2.45, 2.75) is 17.0 Å². The minimum atomic E-state index is -4.46. The lowest BCUT2D eigenvalue weighted by Crippen LogP contribution is -2.07. The minimum Gasteiger partial charge on any atom is -0.252 e. The first-order valence-corrected chi connectivity index (χ1v) is 7.13. The van der Waals surface area contributed by atoms with Crippen molar-refractivity contribution in [2.75, 3.05) is 0 Å². The summed E-state index contributed by atoms with van der Waals surface area (Å²) < 4.78 is 49.2. The average molecular weight is 310 g/mol. The first kappa shape index (κ1) is 15.2. The van der Waals surface area contributed by atoms with Gasteiger partial charge in [0.15, 0.2) is 0 Å². The van der Waals surface area contributed by atoms with E-state index in [1.807, 2.05) is 6.07 Å². The number of hydrogen-bond acceptors (Lipinski definition) is 3. The van der Waals surface area contributed by atoms with Crippen LogP contribution >= 0.6 is 0 Å². The van der Waals surface area contributed by atoms with E-state index in [4.69, 9.17) is 5.26 Å². The van der Waals surface area contributed by atoms with Crippen molar-refractivity contribution in [1.82, 2.24) is 4.98 Å². The highest BCUT2D eigenvalue weighted by atomic mass is 32.2. The summed E-state index contributed by atoms with van der Waals surface area (Å²) in [7, 11) is -1.54. The monoisotopic (exact) mass is 310 g/mol. The van der Waals surface area contributed by atoms with Crippen LogP contribution in [0.5, 0.6) is 0 Å². The molecule has 21 heavy (non-hydrogen) atoms. The number of rotatable bonds is 3. The summed E-state index contributed by atoms with van der Waals surface area (Å²) in [5.74, 6) is 0.129. The smallest absolute Gasteiger partial charge is 0.252 e. The molecule has 1 aromatic heterocycles. The van der Waals surface area contributed by atoms with Crippen LogP contribution in [0.2, 0.25) is 0 Å². The van der Waals surface area contributed by atoms with Crippen molar-refractivity contribution in [1.29, 1.82) is 5.26 Å². The van der Waals surface area contributed by atoms with Gasteiger partial charge in [-0.1, -0.05) is 12.1 Å². The molecule has 0 aliphatic rings. The maximum Gasteiger partial charge on any atom is 0.417 e. The number of aromatic nitrogens is 1. The summed E-state index contributed by atoms with van der Waals surface area (Å²) in [5, 5.41) is 8.76. The fourth-order valence-electron chi connectivity index (χ4n) is 1.58. The van der Waals surface area contributed by atoms with Crippen LogP contribution in [0.25, 0.3) is 0 Å². The molecule has 0 aliphatic carbocycles. The van der Waals surface area contributed by atoms with Crippen molar-refractivity contribution in [3.8, 4) is 6.07 Å². The van der Waals surface area contributed by atoms with Crippen LogP contribution in [0.1, 0.15) is 16.7 Å². The first-order valence-electron chi connectivity index (χ1n) is 5.81. The standard InChI is InChI=1S/C14H9F3N2OS/c15-14(16,17)12-5-6-13(19-8-12)21(20)9-11-3-1-10(7-18)2-4-11/h1-6,8H,9H2. The topological polar surface area (TPSA) is 53.8 Å². The third-order valence-electron chi connectivity index (χ3n) is 2.68. The summed E-state index contributed by atoms with van der Waals surface area (Å²) in [5.41, 5.74) is 0.327. The first-order chi connectivity index (χ1) is 9.90. The van der Waals surface area contributed by atoms with Crippen LogP contribution in [0.3, 0.4) is 0 Å². The second-order valence-electron chi connectivity index (χ2n) is 4.18. The molecule has 0 bridgehead atoms. The molecule has 0 aliphatic heterocycles. The van der Waals surface area contributed by atoms with Gasteiger partial charge in [-0.15, -0.1) is 0 Å². The summed E-state index contributed by atoms with van der Waals surface area (Å²) >= 11 is 0. The average Bonchev–Trinajstić information content (AvgIpc) is 2.47. The summed E-state index contributed by atoms with van der Waals surface area (Å²) in [6.45, 7) is 0. The highest BCUT2D eigenvalue weighted by Crippen LogP contribution is 2.28. The Balaban J connectivity index is 2.11. The number of nitriles is 1. The predicted octanol–water partition coefficient (Wildman–Crippen LogP) is 3.28. The van der Waals surface area contributed by atoms with Gasteiger partial charge in [0, 0.05) is 6.20 Å². The lowest BCUT2D eigenvalue weighted by molar-refractivity contribution is -0.137. The molecule has 0 amide bonds. The van der Waals surface area contributed by atoms with Crippen LogP contribution in [-0.2, 0) is 22.7 Å². The van der Waals surface area contributed by atoms with Crippen LogP contribution in [0.15, 0.2) is 47.6 Å². The zero-order valence-electron chi connectivity index (χ0n) is 10.6. The van der Waals surface area contributed by atoms with Crippen molar-refractivity contribution in [2.24, 2.45) is 0 Å². The van der Waals surface area contributed by atoms with E-state index in [2.05, 4.69) is 4.98 Å². The van der Waals surface area contributed by atoms with E-state index < -0.39 is 22.5 Å². The highest BCUT2D eigenvalue weighted by Gasteiger charge is 2.30. The zero-order chi connectivity index (χ0) is 15.5. The van der Waals surface area contributed by atoms with Gasteiger partial charge in [-0.2, -0.15) is 18.4 Å². The third kappa shape index (κ3) is 3.89. The van der Waals surface area contributed by atoms with Gasteiger partial charge in [-0.05, 0) is 29.8 Å². The summed E-state index contributed by atoms with van der Waals surface area (Å²) in [6, 6.07) is 10.4. The lowest BCUT2D eigenvalue weighted by atomic mass is 10.2. The van der Waals surface area contributed by atoms with E-state index in [1.54, 1.807) is 24.3 Å². The molecular weight excluding hydrogens is 301 g/mol. The fraction of sp³-hybridized carbons (Fsp3) is 0.143. The number of nitrogens with zero attached hydrogens (tertiary/aromatic N) is 2. The Labute approximate surface area is 121 Å². The molecule has 1 atom stereocenters. The van der Waals surface area contributed by atoms with E-state index in [9.17, 15) is 17.4 Å². The number of alkyl halides is 3. The van der Waals surface area contributed by atoms with Crippen molar-refractivity contribution < 1.29 is 17.4 Å². The van der Waals surface area contributed by atoms with Gasteiger partial charge >= 0.3 is 6.18 Å². The minimum absolute atomic E-state index is 0.0901. The molecule has 3 nitrogen and oxygen atoms in total. The van der Waals surface area contributed by atoms with Gasteiger partial charge in [0.05, 0.1) is 33.7 Å². The molecule has 0 fully saturated rings. The van der Waals surface area contributed by atoms with Crippen molar-refractivity contribution in [3.05, 3.63) is 59.3 Å². The molecule has 1 aromatic carbocycles. The Morgan fingerprint density at radius 3 is 2.29 bits per heavy atom.